The molecule has 2 bridgehead atoms. The van der Waals surface area contributed by atoms with Gasteiger partial charge in [-0.05, 0) is 60.3 Å². The summed E-state index contributed by atoms with van der Waals surface area (Å²) in [7, 11) is 0. The third kappa shape index (κ3) is 2.88. The third-order valence-electron chi connectivity index (χ3n) is 6.87. The van der Waals surface area contributed by atoms with Crippen LogP contribution in [-0.2, 0) is 4.79 Å². The lowest BCUT2D eigenvalue weighted by Crippen LogP contribution is -2.46. The molecule has 1 aromatic carbocycles. The lowest BCUT2D eigenvalue weighted by atomic mass is 9.69. The van der Waals surface area contributed by atoms with Gasteiger partial charge in [-0.25, -0.2) is 0 Å². The molecule has 3 atom stereocenters. The van der Waals surface area contributed by atoms with Crippen LogP contribution < -0.4 is 5.32 Å². The molecule has 3 unspecified atom stereocenters. The minimum atomic E-state index is -0.0127. The van der Waals surface area contributed by atoms with E-state index in [4.69, 9.17) is 11.6 Å². The van der Waals surface area contributed by atoms with Crippen molar-refractivity contribution in [2.75, 3.05) is 0 Å². The molecule has 0 radical (unpaired) electrons. The quantitative estimate of drug-likeness (QED) is 0.789. The van der Waals surface area contributed by atoms with E-state index >= 15 is 0 Å². The van der Waals surface area contributed by atoms with Gasteiger partial charge in [0, 0.05) is 29.5 Å². The summed E-state index contributed by atoms with van der Waals surface area (Å²) in [5, 5.41) is 3.82. The molecule has 1 N–H and O–H groups in total. The first-order valence-corrected chi connectivity index (χ1v) is 9.20. The van der Waals surface area contributed by atoms with Crippen LogP contribution in [0, 0.1) is 16.7 Å². The van der Waals surface area contributed by atoms with Crippen LogP contribution in [0.3, 0.4) is 0 Å². The normalized spacial score (nSPS) is 30.3. The zero-order valence-electron chi connectivity index (χ0n) is 14.7. The second-order valence-electron chi connectivity index (χ2n) is 8.16. The van der Waals surface area contributed by atoms with Crippen molar-refractivity contribution in [3.8, 4) is 0 Å². The topological polar surface area (TPSA) is 46.2 Å². The monoisotopic (exact) mass is 347 g/mol. The first-order chi connectivity index (χ1) is 11.2. The summed E-state index contributed by atoms with van der Waals surface area (Å²) < 4.78 is 0. The van der Waals surface area contributed by atoms with Gasteiger partial charge in [-0.2, -0.15) is 0 Å². The van der Waals surface area contributed by atoms with Crippen molar-refractivity contribution in [1.29, 1.82) is 0 Å². The lowest BCUT2D eigenvalue weighted by molar-refractivity contribution is -0.122. The van der Waals surface area contributed by atoms with Crippen LogP contribution in [0.25, 0.3) is 0 Å². The highest BCUT2D eigenvalue weighted by Crippen LogP contribution is 2.65. The maximum Gasteiger partial charge on any atom is 0.220 e. The SMILES string of the molecule is CC1(C)C2CCC1(C)C(NC(=O)CCC(=O)c1ccc(Cl)cc1)C2. The summed E-state index contributed by atoms with van der Waals surface area (Å²) in [6.45, 7) is 6.98. The number of amides is 1. The second-order valence-corrected chi connectivity index (χ2v) is 8.60. The zero-order chi connectivity index (χ0) is 17.5. The predicted molar refractivity (Wildman–Crippen MR) is 96.2 cm³/mol. The average molecular weight is 348 g/mol. The Bertz CT molecular complexity index is 652. The molecule has 0 saturated heterocycles. The van der Waals surface area contributed by atoms with E-state index in [1.165, 1.54) is 12.8 Å². The fourth-order valence-electron chi connectivity index (χ4n) is 4.70. The molecular weight excluding hydrogens is 322 g/mol. The Morgan fingerprint density at radius 1 is 1.17 bits per heavy atom. The van der Waals surface area contributed by atoms with Gasteiger partial charge in [0.2, 0.25) is 5.91 Å². The number of nitrogens with one attached hydrogen (secondary N) is 1. The smallest absolute Gasteiger partial charge is 0.220 e. The van der Waals surface area contributed by atoms with Crippen molar-refractivity contribution in [2.24, 2.45) is 16.7 Å². The van der Waals surface area contributed by atoms with Crippen LogP contribution in [0.2, 0.25) is 5.02 Å². The van der Waals surface area contributed by atoms with Gasteiger partial charge < -0.3 is 5.32 Å². The zero-order valence-corrected chi connectivity index (χ0v) is 15.5. The molecule has 0 aromatic heterocycles. The van der Waals surface area contributed by atoms with E-state index in [1.54, 1.807) is 24.3 Å². The third-order valence-corrected chi connectivity index (χ3v) is 7.13. The average Bonchev–Trinajstić information content (AvgIpc) is 2.86. The van der Waals surface area contributed by atoms with Gasteiger partial charge in [-0.3, -0.25) is 9.59 Å². The van der Waals surface area contributed by atoms with Gasteiger partial charge in [-0.1, -0.05) is 32.4 Å². The maximum absolute atomic E-state index is 12.3. The standard InChI is InChI=1S/C20H26ClNO2/c1-19(2)14-10-11-20(19,3)17(12-14)22-18(24)9-8-16(23)13-4-6-15(21)7-5-13/h4-7,14,17H,8-12H2,1-3H3,(H,22,24). The highest BCUT2D eigenvalue weighted by molar-refractivity contribution is 6.30. The Hall–Kier alpha value is -1.35. The molecule has 1 amide bonds. The first kappa shape index (κ1) is 17.5. The van der Waals surface area contributed by atoms with Crippen molar-refractivity contribution in [2.45, 2.75) is 58.9 Å². The number of hydrogen-bond acceptors (Lipinski definition) is 2. The van der Waals surface area contributed by atoms with Gasteiger partial charge in [-0.15, -0.1) is 0 Å². The molecule has 0 spiro atoms. The van der Waals surface area contributed by atoms with E-state index in [0.717, 1.165) is 6.42 Å². The van der Waals surface area contributed by atoms with Crippen LogP contribution in [0.4, 0.5) is 0 Å². The highest BCUT2D eigenvalue weighted by atomic mass is 35.5. The van der Waals surface area contributed by atoms with Crippen molar-refractivity contribution in [3.63, 3.8) is 0 Å². The van der Waals surface area contributed by atoms with Gasteiger partial charge in [0.15, 0.2) is 5.78 Å². The number of rotatable bonds is 5. The largest absolute Gasteiger partial charge is 0.353 e. The molecule has 1 aromatic rings. The van der Waals surface area contributed by atoms with E-state index in [2.05, 4.69) is 26.1 Å². The van der Waals surface area contributed by atoms with Gasteiger partial charge in [0.25, 0.3) is 0 Å². The van der Waals surface area contributed by atoms with E-state index in [1.807, 2.05) is 0 Å². The number of halogens is 1. The van der Waals surface area contributed by atoms with Crippen LogP contribution >= 0.6 is 11.6 Å². The molecule has 0 aliphatic heterocycles. The molecule has 2 saturated carbocycles. The number of Topliss-reactive ketones (excluding diaryl/α,β-unsaturated/α-hetero) is 1. The van der Waals surface area contributed by atoms with E-state index in [-0.39, 0.29) is 41.4 Å². The maximum atomic E-state index is 12.3. The van der Waals surface area contributed by atoms with E-state index in [9.17, 15) is 9.59 Å². The summed E-state index contributed by atoms with van der Waals surface area (Å²) in [5.41, 5.74) is 1.07. The van der Waals surface area contributed by atoms with Gasteiger partial charge >= 0.3 is 0 Å². The molecule has 0 heterocycles. The molecule has 2 aliphatic rings. The fourth-order valence-corrected chi connectivity index (χ4v) is 4.82. The molecule has 3 rings (SSSR count). The van der Waals surface area contributed by atoms with E-state index in [0.29, 0.717) is 16.5 Å². The number of carbonyl (C=O) groups is 2. The minimum absolute atomic E-state index is 0.00751. The van der Waals surface area contributed by atoms with Gasteiger partial charge in [0.1, 0.15) is 0 Å². The van der Waals surface area contributed by atoms with Crippen molar-refractivity contribution in [3.05, 3.63) is 34.9 Å². The predicted octanol–water partition coefficient (Wildman–Crippen LogP) is 4.63. The summed E-state index contributed by atoms with van der Waals surface area (Å²) in [4.78, 5) is 24.5. The van der Waals surface area contributed by atoms with Crippen LogP contribution in [0.15, 0.2) is 24.3 Å². The van der Waals surface area contributed by atoms with Crippen LogP contribution in [0.1, 0.15) is 63.2 Å². The van der Waals surface area contributed by atoms with Crippen LogP contribution in [-0.4, -0.2) is 17.7 Å². The summed E-state index contributed by atoms with van der Waals surface area (Å²) in [5.74, 6) is 0.677. The Kier molecular flexibility index (Phi) is 4.50. The Morgan fingerprint density at radius 3 is 2.38 bits per heavy atom. The van der Waals surface area contributed by atoms with Crippen molar-refractivity contribution >= 4 is 23.3 Å². The molecule has 3 nitrogen and oxygen atoms in total. The van der Waals surface area contributed by atoms with E-state index < -0.39 is 0 Å². The van der Waals surface area contributed by atoms with Crippen molar-refractivity contribution < 1.29 is 9.59 Å². The minimum Gasteiger partial charge on any atom is -0.353 e. The van der Waals surface area contributed by atoms with Crippen molar-refractivity contribution in [1.82, 2.24) is 5.32 Å². The Balaban J connectivity index is 1.54. The molecule has 130 valence electrons. The molecule has 2 fully saturated rings. The molecular formula is C20H26ClNO2. The lowest BCUT2D eigenvalue weighted by Gasteiger charge is -2.39. The molecule has 24 heavy (non-hydrogen) atoms. The summed E-state index contributed by atoms with van der Waals surface area (Å²) in [6, 6.07) is 7.06. The number of fused-ring (bicyclic) bond motifs is 2. The number of hydrogen-bond donors (Lipinski definition) is 1. The highest BCUT2D eigenvalue weighted by Gasteiger charge is 2.61. The van der Waals surface area contributed by atoms with Gasteiger partial charge in [0.05, 0.1) is 0 Å². The number of ketones is 1. The molecule has 2 aliphatic carbocycles. The fraction of sp³-hybridized carbons (Fsp3) is 0.600. The first-order valence-electron chi connectivity index (χ1n) is 8.82. The Labute approximate surface area is 149 Å². The molecule has 4 heteroatoms. The second kappa shape index (κ2) is 6.18. The number of benzene rings is 1. The Morgan fingerprint density at radius 2 is 1.83 bits per heavy atom. The number of carbonyl (C=O) groups excluding carboxylic acids is 2. The summed E-state index contributed by atoms with van der Waals surface area (Å²) in [6.07, 6.45) is 4.01. The summed E-state index contributed by atoms with van der Waals surface area (Å²) >= 11 is 5.83. The van der Waals surface area contributed by atoms with Crippen LogP contribution in [0.5, 0.6) is 0 Å².